The Hall–Kier alpha value is -1.31. The fraction of sp³-hybridized carbons (Fsp3) is 0.533. The molecule has 1 aliphatic carbocycles. The molecule has 17 heavy (non-hydrogen) atoms. The maximum absolute atomic E-state index is 10.5. The summed E-state index contributed by atoms with van der Waals surface area (Å²) in [5.74, 6) is -0.540. The summed E-state index contributed by atoms with van der Waals surface area (Å²) >= 11 is 0. The minimum atomic E-state index is -0.895. The molecule has 0 saturated heterocycles. The van der Waals surface area contributed by atoms with Crippen molar-refractivity contribution in [3.63, 3.8) is 0 Å². The molecule has 1 fully saturated rings. The molecule has 1 rings (SSSR count). The van der Waals surface area contributed by atoms with Crippen LogP contribution in [0.4, 0.5) is 0 Å². The summed E-state index contributed by atoms with van der Waals surface area (Å²) in [4.78, 5) is 10.5. The predicted octanol–water partition coefficient (Wildman–Crippen LogP) is 3.96. The summed E-state index contributed by atoms with van der Waals surface area (Å²) in [5.41, 5.74) is 2.27. The molecule has 0 radical (unpaired) electrons. The Kier molecular flexibility index (Phi) is 4.33. The minimum absolute atomic E-state index is 0.231. The molecule has 0 amide bonds. The predicted molar refractivity (Wildman–Crippen MR) is 70.8 cm³/mol. The van der Waals surface area contributed by atoms with Crippen molar-refractivity contribution < 1.29 is 9.90 Å². The Morgan fingerprint density at radius 2 is 2.18 bits per heavy atom. The number of aliphatic carboxylic acids is 1. The van der Waals surface area contributed by atoms with Crippen LogP contribution >= 0.6 is 0 Å². The highest BCUT2D eigenvalue weighted by Gasteiger charge is 2.32. The Labute approximate surface area is 104 Å². The average molecular weight is 234 g/mol. The maximum Gasteiger partial charge on any atom is 0.328 e. The first kappa shape index (κ1) is 13.8. The van der Waals surface area contributed by atoms with Gasteiger partial charge in [0.25, 0.3) is 0 Å². The van der Waals surface area contributed by atoms with Gasteiger partial charge < -0.3 is 5.11 Å². The van der Waals surface area contributed by atoms with Crippen LogP contribution in [-0.2, 0) is 4.79 Å². The lowest BCUT2D eigenvalue weighted by Crippen LogP contribution is -2.27. The van der Waals surface area contributed by atoms with E-state index in [4.69, 9.17) is 5.11 Å². The van der Waals surface area contributed by atoms with Crippen LogP contribution in [0, 0.1) is 11.3 Å². The number of allylic oxidation sites excluding steroid dienone is 4. The molecular weight excluding hydrogens is 212 g/mol. The second kappa shape index (κ2) is 5.35. The number of carboxylic acid groups (broad SMARTS) is 1. The molecule has 1 saturated carbocycles. The SMILES string of the molecule is C=C1CCCC(C)(C)[C@H]1/C=C/C(C)=C/C(=O)O. The standard InChI is InChI=1S/C15H22O2/c1-11(10-14(16)17)7-8-13-12(2)6-5-9-15(13,3)4/h7-8,10,13H,2,5-6,9H2,1,3-4H3,(H,16,17)/b8-7+,11-10+/t13-/m0/s1. The van der Waals surface area contributed by atoms with Gasteiger partial charge in [-0.25, -0.2) is 4.79 Å². The Morgan fingerprint density at radius 1 is 1.53 bits per heavy atom. The van der Waals surface area contributed by atoms with E-state index in [0.717, 1.165) is 12.0 Å². The largest absolute Gasteiger partial charge is 0.478 e. The molecule has 0 aromatic rings. The third-order valence-corrected chi connectivity index (χ3v) is 3.50. The van der Waals surface area contributed by atoms with Crippen molar-refractivity contribution in [2.24, 2.45) is 11.3 Å². The summed E-state index contributed by atoms with van der Waals surface area (Å²) < 4.78 is 0. The van der Waals surface area contributed by atoms with Gasteiger partial charge in [0.15, 0.2) is 0 Å². The van der Waals surface area contributed by atoms with E-state index in [2.05, 4.69) is 26.5 Å². The Balaban J connectivity index is 2.81. The molecule has 1 N–H and O–H groups in total. The highest BCUT2D eigenvalue weighted by atomic mass is 16.4. The second-order valence-electron chi connectivity index (χ2n) is 5.56. The van der Waals surface area contributed by atoms with Crippen molar-refractivity contribution in [3.8, 4) is 0 Å². The third kappa shape index (κ3) is 3.88. The smallest absolute Gasteiger partial charge is 0.328 e. The highest BCUT2D eigenvalue weighted by molar-refractivity contribution is 5.81. The number of carbonyl (C=O) groups is 1. The van der Waals surface area contributed by atoms with E-state index in [0.29, 0.717) is 5.92 Å². The van der Waals surface area contributed by atoms with Gasteiger partial charge in [0.2, 0.25) is 0 Å². The molecule has 0 unspecified atom stereocenters. The summed E-state index contributed by atoms with van der Waals surface area (Å²) in [6.07, 6.45) is 8.73. The van der Waals surface area contributed by atoms with Gasteiger partial charge in [0.05, 0.1) is 0 Å². The van der Waals surface area contributed by atoms with Crippen molar-refractivity contribution >= 4 is 5.97 Å². The first-order valence-electron chi connectivity index (χ1n) is 6.10. The average Bonchev–Trinajstić information content (AvgIpc) is 2.14. The maximum atomic E-state index is 10.5. The van der Waals surface area contributed by atoms with Crippen molar-refractivity contribution in [1.82, 2.24) is 0 Å². The van der Waals surface area contributed by atoms with E-state index in [1.54, 1.807) is 0 Å². The molecule has 0 heterocycles. The van der Waals surface area contributed by atoms with Crippen LogP contribution in [0.2, 0.25) is 0 Å². The normalized spacial score (nSPS) is 25.2. The van der Waals surface area contributed by atoms with E-state index in [1.807, 2.05) is 13.0 Å². The van der Waals surface area contributed by atoms with Crippen molar-refractivity contribution in [2.75, 3.05) is 0 Å². The number of hydrogen-bond acceptors (Lipinski definition) is 1. The second-order valence-corrected chi connectivity index (χ2v) is 5.56. The lowest BCUT2D eigenvalue weighted by atomic mass is 9.66. The van der Waals surface area contributed by atoms with Gasteiger partial charge in [0, 0.05) is 12.0 Å². The minimum Gasteiger partial charge on any atom is -0.478 e. The Bertz CT molecular complexity index is 372. The lowest BCUT2D eigenvalue weighted by Gasteiger charge is -2.38. The van der Waals surface area contributed by atoms with E-state index >= 15 is 0 Å². The quantitative estimate of drug-likeness (QED) is 0.456. The van der Waals surface area contributed by atoms with E-state index in [9.17, 15) is 4.79 Å². The van der Waals surface area contributed by atoms with Crippen LogP contribution in [-0.4, -0.2) is 11.1 Å². The molecule has 1 atom stereocenters. The summed E-state index contributed by atoms with van der Waals surface area (Å²) in [7, 11) is 0. The van der Waals surface area contributed by atoms with E-state index in [-0.39, 0.29) is 5.41 Å². The lowest BCUT2D eigenvalue weighted by molar-refractivity contribution is -0.131. The molecule has 2 heteroatoms. The first-order chi connectivity index (χ1) is 7.83. The summed E-state index contributed by atoms with van der Waals surface area (Å²) in [5, 5.41) is 8.65. The fourth-order valence-electron chi connectivity index (χ4n) is 2.52. The van der Waals surface area contributed by atoms with Gasteiger partial charge in [-0.3, -0.25) is 0 Å². The molecule has 2 nitrogen and oxygen atoms in total. The van der Waals surface area contributed by atoms with Crippen LogP contribution < -0.4 is 0 Å². The summed E-state index contributed by atoms with van der Waals surface area (Å²) in [6.45, 7) is 10.5. The van der Waals surface area contributed by atoms with Gasteiger partial charge in [-0.1, -0.05) is 38.2 Å². The van der Waals surface area contributed by atoms with Gasteiger partial charge >= 0.3 is 5.97 Å². The molecule has 0 spiro atoms. The Morgan fingerprint density at radius 3 is 2.71 bits per heavy atom. The zero-order chi connectivity index (χ0) is 13.1. The van der Waals surface area contributed by atoms with Gasteiger partial charge in [0.1, 0.15) is 0 Å². The first-order valence-corrected chi connectivity index (χ1v) is 6.10. The van der Waals surface area contributed by atoms with Crippen molar-refractivity contribution in [2.45, 2.75) is 40.0 Å². The van der Waals surface area contributed by atoms with Crippen LogP contribution in [0.1, 0.15) is 40.0 Å². The zero-order valence-corrected chi connectivity index (χ0v) is 11.0. The molecule has 0 aliphatic heterocycles. The van der Waals surface area contributed by atoms with Crippen LogP contribution in [0.5, 0.6) is 0 Å². The summed E-state index contributed by atoms with van der Waals surface area (Å²) in [6, 6.07) is 0. The molecule has 94 valence electrons. The molecule has 0 bridgehead atoms. The van der Waals surface area contributed by atoms with Gasteiger partial charge in [-0.2, -0.15) is 0 Å². The molecule has 0 aromatic carbocycles. The van der Waals surface area contributed by atoms with Gasteiger partial charge in [-0.05, 0) is 37.2 Å². The van der Waals surface area contributed by atoms with Crippen LogP contribution in [0.25, 0.3) is 0 Å². The number of carboxylic acids is 1. The van der Waals surface area contributed by atoms with Gasteiger partial charge in [-0.15, -0.1) is 0 Å². The molecular formula is C15H22O2. The molecule has 1 aliphatic rings. The van der Waals surface area contributed by atoms with Crippen LogP contribution in [0.3, 0.4) is 0 Å². The van der Waals surface area contributed by atoms with E-state index < -0.39 is 5.97 Å². The third-order valence-electron chi connectivity index (χ3n) is 3.50. The zero-order valence-electron chi connectivity index (χ0n) is 11.0. The number of rotatable bonds is 3. The van der Waals surface area contributed by atoms with Crippen LogP contribution in [0.15, 0.2) is 36.0 Å². The highest BCUT2D eigenvalue weighted by Crippen LogP contribution is 2.43. The van der Waals surface area contributed by atoms with Crippen molar-refractivity contribution in [1.29, 1.82) is 0 Å². The van der Waals surface area contributed by atoms with Crippen molar-refractivity contribution in [3.05, 3.63) is 36.0 Å². The number of hydrogen-bond donors (Lipinski definition) is 1. The fourth-order valence-corrected chi connectivity index (χ4v) is 2.52. The molecule has 0 aromatic heterocycles. The monoisotopic (exact) mass is 234 g/mol. The topological polar surface area (TPSA) is 37.3 Å². The van der Waals surface area contributed by atoms with E-state index in [1.165, 1.54) is 24.5 Å².